The number of hydrogen-bond acceptors (Lipinski definition) is 6. The minimum absolute atomic E-state index is 0.324. The van der Waals surface area contributed by atoms with Crippen LogP contribution in [0.3, 0.4) is 0 Å². The molecule has 1 fully saturated rings. The lowest BCUT2D eigenvalue weighted by Crippen LogP contribution is -2.30. The van der Waals surface area contributed by atoms with Gasteiger partial charge >= 0.3 is 0 Å². The molecule has 5 nitrogen and oxygen atoms in total. The Hall–Kier alpha value is -1.17. The van der Waals surface area contributed by atoms with Crippen LogP contribution in [0.1, 0.15) is 25.7 Å². The number of hydrogen-bond donors (Lipinski definition) is 2. The molecule has 0 saturated heterocycles. The minimum Gasteiger partial charge on any atom is -0.490 e. The molecule has 0 aliphatic heterocycles. The Morgan fingerprint density at radius 3 is 2.78 bits per heavy atom. The van der Waals surface area contributed by atoms with Crippen molar-refractivity contribution >= 4 is 23.4 Å². The Bertz CT molecular complexity index is 407. The molecule has 0 aromatic carbocycles. The zero-order valence-electron chi connectivity index (χ0n) is 10.9. The van der Waals surface area contributed by atoms with Crippen molar-refractivity contribution in [2.24, 2.45) is 0 Å². The molecule has 100 valence electrons. The van der Waals surface area contributed by atoms with E-state index in [0.29, 0.717) is 22.1 Å². The van der Waals surface area contributed by atoms with Crippen LogP contribution < -0.4 is 15.8 Å². The first-order valence-corrected chi connectivity index (χ1v) is 7.37. The molecule has 1 aromatic heterocycles. The fraction of sp³-hybridized carbons (Fsp3) is 0.667. The summed E-state index contributed by atoms with van der Waals surface area (Å²) in [7, 11) is 1.58. The van der Waals surface area contributed by atoms with Crippen LogP contribution in [0, 0.1) is 0 Å². The molecule has 18 heavy (non-hydrogen) atoms. The van der Waals surface area contributed by atoms with Crippen LogP contribution in [0.25, 0.3) is 0 Å². The molecule has 1 heterocycles. The number of nitrogens with zero attached hydrogens (tertiary/aromatic N) is 2. The summed E-state index contributed by atoms with van der Waals surface area (Å²) in [5.41, 5.74) is 5.76. The molecule has 0 radical (unpaired) electrons. The van der Waals surface area contributed by atoms with Gasteiger partial charge in [0.1, 0.15) is 6.33 Å². The van der Waals surface area contributed by atoms with Gasteiger partial charge in [-0.25, -0.2) is 9.97 Å². The van der Waals surface area contributed by atoms with E-state index in [4.69, 9.17) is 10.5 Å². The molecule has 3 N–H and O–H groups in total. The second-order valence-electron chi connectivity index (χ2n) is 4.59. The number of rotatable bonds is 5. The van der Waals surface area contributed by atoms with Crippen LogP contribution in [-0.4, -0.2) is 34.6 Å². The highest BCUT2D eigenvalue weighted by Crippen LogP contribution is 2.40. The standard InChI is InChI=1S/C12H20N4OS/c1-17-9-10(13)15-8-16-11(9)14-7-12(18-2)5-3-4-6-12/h8H,3-7H2,1-2H3,(H3,13,14,15,16). The van der Waals surface area contributed by atoms with Gasteiger partial charge in [0, 0.05) is 11.3 Å². The van der Waals surface area contributed by atoms with Crippen molar-refractivity contribution < 1.29 is 4.74 Å². The van der Waals surface area contributed by atoms with Gasteiger partial charge in [0.15, 0.2) is 11.6 Å². The summed E-state index contributed by atoms with van der Waals surface area (Å²) in [6.07, 6.45) is 8.77. The van der Waals surface area contributed by atoms with E-state index in [1.165, 1.54) is 32.0 Å². The third-order valence-corrected chi connectivity index (χ3v) is 4.98. The molecule has 0 spiro atoms. The summed E-state index contributed by atoms with van der Waals surface area (Å²) in [5, 5.41) is 3.36. The quantitative estimate of drug-likeness (QED) is 0.852. The van der Waals surface area contributed by atoms with E-state index in [9.17, 15) is 0 Å². The van der Waals surface area contributed by atoms with Crippen molar-refractivity contribution in [2.45, 2.75) is 30.4 Å². The highest BCUT2D eigenvalue weighted by atomic mass is 32.2. The third kappa shape index (κ3) is 2.63. The molecule has 0 amide bonds. The largest absolute Gasteiger partial charge is 0.490 e. The van der Waals surface area contributed by atoms with Crippen molar-refractivity contribution in [2.75, 3.05) is 31.0 Å². The molecule has 1 aliphatic carbocycles. The van der Waals surface area contributed by atoms with Crippen LogP contribution in [0.2, 0.25) is 0 Å². The average Bonchev–Trinajstić information content (AvgIpc) is 2.86. The van der Waals surface area contributed by atoms with Gasteiger partial charge in [-0.2, -0.15) is 11.8 Å². The predicted molar refractivity (Wildman–Crippen MR) is 76.2 cm³/mol. The number of thioether (sulfide) groups is 1. The highest BCUT2D eigenvalue weighted by Gasteiger charge is 2.33. The van der Waals surface area contributed by atoms with Crippen molar-refractivity contribution in [3.63, 3.8) is 0 Å². The molecule has 6 heteroatoms. The number of ether oxygens (including phenoxy) is 1. The Morgan fingerprint density at radius 1 is 1.44 bits per heavy atom. The SMILES string of the molecule is COc1c(N)ncnc1NCC1(SC)CCCC1. The lowest BCUT2D eigenvalue weighted by Gasteiger charge is -2.27. The molecule has 0 atom stereocenters. The van der Waals surface area contributed by atoms with Gasteiger partial charge in [0.2, 0.25) is 5.75 Å². The van der Waals surface area contributed by atoms with Gasteiger partial charge in [0.25, 0.3) is 0 Å². The zero-order chi connectivity index (χ0) is 13.0. The lowest BCUT2D eigenvalue weighted by atomic mass is 10.1. The van der Waals surface area contributed by atoms with E-state index in [-0.39, 0.29) is 0 Å². The third-order valence-electron chi connectivity index (χ3n) is 3.56. The monoisotopic (exact) mass is 268 g/mol. The summed E-state index contributed by atoms with van der Waals surface area (Å²) < 4.78 is 5.56. The summed E-state index contributed by atoms with van der Waals surface area (Å²) in [6, 6.07) is 0. The summed E-state index contributed by atoms with van der Waals surface area (Å²) in [4.78, 5) is 8.12. The molecular formula is C12H20N4OS. The number of nitrogens with two attached hydrogens (primary N) is 1. The first kappa shape index (κ1) is 13.3. The van der Waals surface area contributed by atoms with Crippen molar-refractivity contribution in [1.82, 2.24) is 9.97 Å². The Balaban J connectivity index is 2.08. The van der Waals surface area contributed by atoms with Crippen LogP contribution in [0.5, 0.6) is 5.75 Å². The molecule has 1 aromatic rings. The van der Waals surface area contributed by atoms with Gasteiger partial charge < -0.3 is 15.8 Å². The van der Waals surface area contributed by atoms with Gasteiger partial charge in [-0.3, -0.25) is 0 Å². The number of aromatic nitrogens is 2. The molecule has 0 unspecified atom stereocenters. The van der Waals surface area contributed by atoms with E-state index >= 15 is 0 Å². The Labute approximate surface area is 112 Å². The van der Waals surface area contributed by atoms with Gasteiger partial charge in [-0.15, -0.1) is 0 Å². The number of methoxy groups -OCH3 is 1. The number of nitrogen functional groups attached to an aromatic ring is 1. The smallest absolute Gasteiger partial charge is 0.203 e. The maximum atomic E-state index is 5.76. The lowest BCUT2D eigenvalue weighted by molar-refractivity contribution is 0.415. The molecular weight excluding hydrogens is 248 g/mol. The fourth-order valence-corrected chi connectivity index (χ4v) is 3.35. The first-order valence-electron chi connectivity index (χ1n) is 6.14. The maximum absolute atomic E-state index is 5.76. The van der Waals surface area contributed by atoms with Crippen LogP contribution in [0.15, 0.2) is 6.33 Å². The molecule has 1 saturated carbocycles. The normalized spacial score (nSPS) is 17.7. The van der Waals surface area contributed by atoms with Gasteiger partial charge in [-0.05, 0) is 19.1 Å². The zero-order valence-corrected chi connectivity index (χ0v) is 11.7. The van der Waals surface area contributed by atoms with E-state index in [1.807, 2.05) is 11.8 Å². The topological polar surface area (TPSA) is 73.1 Å². The van der Waals surface area contributed by atoms with E-state index in [2.05, 4.69) is 21.5 Å². The maximum Gasteiger partial charge on any atom is 0.203 e. The number of nitrogens with one attached hydrogen (secondary N) is 1. The van der Waals surface area contributed by atoms with Gasteiger partial charge in [-0.1, -0.05) is 12.8 Å². The first-order chi connectivity index (χ1) is 8.71. The average molecular weight is 268 g/mol. The van der Waals surface area contributed by atoms with Crippen molar-refractivity contribution in [3.05, 3.63) is 6.33 Å². The Morgan fingerprint density at radius 2 is 2.17 bits per heavy atom. The van der Waals surface area contributed by atoms with Crippen LogP contribution >= 0.6 is 11.8 Å². The molecule has 0 bridgehead atoms. The van der Waals surface area contributed by atoms with Crippen LogP contribution in [-0.2, 0) is 0 Å². The van der Waals surface area contributed by atoms with E-state index < -0.39 is 0 Å². The summed E-state index contributed by atoms with van der Waals surface area (Å²) >= 11 is 1.94. The molecule has 1 aliphatic rings. The number of anilines is 2. The summed E-state index contributed by atoms with van der Waals surface area (Å²) in [5.74, 6) is 1.59. The van der Waals surface area contributed by atoms with Gasteiger partial charge in [0.05, 0.1) is 7.11 Å². The second kappa shape index (κ2) is 5.65. The van der Waals surface area contributed by atoms with Crippen molar-refractivity contribution in [3.8, 4) is 5.75 Å². The second-order valence-corrected chi connectivity index (χ2v) is 5.86. The summed E-state index contributed by atoms with van der Waals surface area (Å²) in [6.45, 7) is 0.890. The highest BCUT2D eigenvalue weighted by molar-refractivity contribution is 8.00. The minimum atomic E-state index is 0.324. The van der Waals surface area contributed by atoms with E-state index in [1.54, 1.807) is 7.11 Å². The van der Waals surface area contributed by atoms with E-state index in [0.717, 1.165) is 6.54 Å². The fourth-order valence-electron chi connectivity index (χ4n) is 2.43. The van der Waals surface area contributed by atoms with Crippen molar-refractivity contribution in [1.29, 1.82) is 0 Å². The van der Waals surface area contributed by atoms with Crippen LogP contribution in [0.4, 0.5) is 11.6 Å². The predicted octanol–water partition coefficient (Wildman–Crippen LogP) is 2.16. The molecule has 2 rings (SSSR count). The Kier molecular flexibility index (Phi) is 4.16.